The van der Waals surface area contributed by atoms with E-state index in [0.29, 0.717) is 18.0 Å². The van der Waals surface area contributed by atoms with E-state index >= 15 is 0 Å². The second kappa shape index (κ2) is 5.52. The van der Waals surface area contributed by atoms with E-state index in [9.17, 15) is 4.79 Å². The summed E-state index contributed by atoms with van der Waals surface area (Å²) in [6.07, 6.45) is 1.16. The van der Waals surface area contributed by atoms with Crippen molar-refractivity contribution in [1.82, 2.24) is 14.8 Å². The Morgan fingerprint density at radius 3 is 2.68 bits per heavy atom. The molecule has 102 valence electrons. The third-order valence-electron chi connectivity index (χ3n) is 3.13. The van der Waals surface area contributed by atoms with Crippen molar-refractivity contribution in [2.45, 2.75) is 33.6 Å². The second-order valence-electron chi connectivity index (χ2n) is 4.62. The van der Waals surface area contributed by atoms with E-state index in [1.54, 1.807) is 0 Å². The Hall–Kier alpha value is -1.69. The molecule has 0 aliphatic carbocycles. The zero-order chi connectivity index (χ0) is 14.0. The van der Waals surface area contributed by atoms with Gasteiger partial charge in [0, 0.05) is 24.5 Å². The van der Waals surface area contributed by atoms with Crippen molar-refractivity contribution in [2.75, 3.05) is 5.32 Å². The minimum atomic E-state index is -0.00277. The molecule has 0 bridgehead atoms. The summed E-state index contributed by atoms with van der Waals surface area (Å²) in [6, 6.07) is 0. The monoisotopic (exact) mass is 278 g/mol. The molecule has 0 aliphatic rings. The van der Waals surface area contributed by atoms with Gasteiger partial charge in [0.25, 0.3) is 0 Å². The lowest BCUT2D eigenvalue weighted by atomic mass is 10.1. The van der Waals surface area contributed by atoms with Crippen LogP contribution in [0.2, 0.25) is 0 Å². The van der Waals surface area contributed by atoms with Crippen LogP contribution in [0.15, 0.2) is 5.38 Å². The molecule has 1 amide bonds. The van der Waals surface area contributed by atoms with Crippen molar-refractivity contribution in [3.05, 3.63) is 28.0 Å². The molecule has 6 heteroatoms. The number of anilines is 1. The fourth-order valence-corrected chi connectivity index (χ4v) is 2.72. The van der Waals surface area contributed by atoms with Crippen LogP contribution in [0.3, 0.4) is 0 Å². The average molecular weight is 278 g/mol. The quantitative estimate of drug-likeness (QED) is 0.934. The summed E-state index contributed by atoms with van der Waals surface area (Å²) >= 11 is 1.45. The smallest absolute Gasteiger partial charge is 0.226 e. The molecule has 19 heavy (non-hydrogen) atoms. The molecule has 0 unspecified atom stereocenters. The molecule has 0 saturated carbocycles. The standard InChI is InChI=1S/C13H18N4OS/c1-8-7-19-13(14-8)15-12(18)6-5-11-9(2)16-17(4)10(11)3/h7H,5-6H2,1-4H3,(H,14,15,18). The Bertz CT molecular complexity index is 600. The van der Waals surface area contributed by atoms with Gasteiger partial charge in [-0.05, 0) is 32.8 Å². The maximum Gasteiger partial charge on any atom is 0.226 e. The number of nitrogens with zero attached hydrogens (tertiary/aromatic N) is 3. The summed E-state index contributed by atoms with van der Waals surface area (Å²) in [7, 11) is 1.92. The van der Waals surface area contributed by atoms with Gasteiger partial charge < -0.3 is 5.32 Å². The van der Waals surface area contributed by atoms with Crippen molar-refractivity contribution < 1.29 is 4.79 Å². The minimum absolute atomic E-state index is 0.00277. The van der Waals surface area contributed by atoms with Crippen LogP contribution in [-0.2, 0) is 18.3 Å². The van der Waals surface area contributed by atoms with E-state index in [-0.39, 0.29) is 5.91 Å². The Kier molecular flexibility index (Phi) is 3.99. The number of rotatable bonds is 4. The average Bonchev–Trinajstić information content (AvgIpc) is 2.83. The molecule has 0 atom stereocenters. The van der Waals surface area contributed by atoms with Crippen LogP contribution >= 0.6 is 11.3 Å². The third-order valence-corrected chi connectivity index (χ3v) is 4.00. The Labute approximate surface area is 116 Å². The number of thiazole rings is 1. The van der Waals surface area contributed by atoms with E-state index in [2.05, 4.69) is 15.4 Å². The summed E-state index contributed by atoms with van der Waals surface area (Å²) in [6.45, 7) is 5.91. The van der Waals surface area contributed by atoms with Crippen LogP contribution < -0.4 is 5.32 Å². The van der Waals surface area contributed by atoms with E-state index in [1.165, 1.54) is 11.3 Å². The van der Waals surface area contributed by atoms with Crippen LogP contribution in [0.4, 0.5) is 5.13 Å². The van der Waals surface area contributed by atoms with Crippen LogP contribution in [0.25, 0.3) is 0 Å². The molecular weight excluding hydrogens is 260 g/mol. The number of hydrogen-bond acceptors (Lipinski definition) is 4. The molecule has 0 aliphatic heterocycles. The highest BCUT2D eigenvalue weighted by Gasteiger charge is 2.12. The van der Waals surface area contributed by atoms with E-state index < -0.39 is 0 Å². The predicted octanol–water partition coefficient (Wildman–Crippen LogP) is 2.37. The van der Waals surface area contributed by atoms with Gasteiger partial charge in [-0.1, -0.05) is 0 Å². The fourth-order valence-electron chi connectivity index (χ4n) is 2.01. The molecule has 2 aromatic heterocycles. The van der Waals surface area contributed by atoms with Gasteiger partial charge in [0.15, 0.2) is 5.13 Å². The lowest BCUT2D eigenvalue weighted by molar-refractivity contribution is -0.116. The topological polar surface area (TPSA) is 59.8 Å². The highest BCUT2D eigenvalue weighted by Crippen LogP contribution is 2.17. The van der Waals surface area contributed by atoms with Gasteiger partial charge in [-0.25, -0.2) is 4.98 Å². The highest BCUT2D eigenvalue weighted by molar-refractivity contribution is 7.13. The largest absolute Gasteiger partial charge is 0.302 e. The number of nitrogens with one attached hydrogen (secondary N) is 1. The van der Waals surface area contributed by atoms with Crippen LogP contribution in [-0.4, -0.2) is 20.7 Å². The molecule has 1 N–H and O–H groups in total. The Balaban J connectivity index is 1.93. The Morgan fingerprint density at radius 1 is 1.42 bits per heavy atom. The number of aryl methyl sites for hydroxylation is 3. The fraction of sp³-hybridized carbons (Fsp3) is 0.462. The van der Waals surface area contributed by atoms with Crippen LogP contribution in [0.1, 0.15) is 29.1 Å². The lowest BCUT2D eigenvalue weighted by Gasteiger charge is -2.03. The normalized spacial score (nSPS) is 10.7. The zero-order valence-electron chi connectivity index (χ0n) is 11.6. The molecule has 2 rings (SSSR count). The molecule has 0 aromatic carbocycles. The van der Waals surface area contributed by atoms with Crippen LogP contribution in [0.5, 0.6) is 0 Å². The number of hydrogen-bond donors (Lipinski definition) is 1. The van der Waals surface area contributed by atoms with E-state index in [1.807, 2.05) is 37.9 Å². The van der Waals surface area contributed by atoms with Gasteiger partial charge in [0.2, 0.25) is 5.91 Å². The zero-order valence-corrected chi connectivity index (χ0v) is 12.5. The van der Waals surface area contributed by atoms with Crippen molar-refractivity contribution in [1.29, 1.82) is 0 Å². The Morgan fingerprint density at radius 2 is 2.16 bits per heavy atom. The SMILES string of the molecule is Cc1csc(NC(=O)CCc2c(C)nn(C)c2C)n1. The molecule has 2 aromatic rings. The highest BCUT2D eigenvalue weighted by atomic mass is 32.1. The maximum atomic E-state index is 11.9. The first-order valence-electron chi connectivity index (χ1n) is 6.18. The van der Waals surface area contributed by atoms with Gasteiger partial charge in [-0.15, -0.1) is 11.3 Å². The predicted molar refractivity (Wildman–Crippen MR) is 76.5 cm³/mol. The van der Waals surface area contributed by atoms with Gasteiger partial charge in [0.05, 0.1) is 11.4 Å². The van der Waals surface area contributed by atoms with Crippen molar-refractivity contribution in [2.24, 2.45) is 7.05 Å². The summed E-state index contributed by atoms with van der Waals surface area (Å²) < 4.78 is 1.85. The summed E-state index contributed by atoms with van der Waals surface area (Å²) in [5, 5.41) is 9.76. The first-order valence-corrected chi connectivity index (χ1v) is 7.06. The first-order chi connectivity index (χ1) is 8.97. The maximum absolute atomic E-state index is 11.9. The molecule has 5 nitrogen and oxygen atoms in total. The van der Waals surface area contributed by atoms with Crippen molar-refractivity contribution >= 4 is 22.4 Å². The van der Waals surface area contributed by atoms with Gasteiger partial charge in [-0.2, -0.15) is 5.10 Å². The van der Waals surface area contributed by atoms with Gasteiger partial charge >= 0.3 is 0 Å². The molecule has 0 fully saturated rings. The summed E-state index contributed by atoms with van der Waals surface area (Å²) in [5.41, 5.74) is 4.21. The lowest BCUT2D eigenvalue weighted by Crippen LogP contribution is -2.12. The number of aromatic nitrogens is 3. The number of carbonyl (C=O) groups is 1. The van der Waals surface area contributed by atoms with Gasteiger partial charge in [-0.3, -0.25) is 9.48 Å². The molecule has 0 radical (unpaired) electrons. The summed E-state index contributed by atoms with van der Waals surface area (Å²) in [4.78, 5) is 16.1. The molecule has 0 saturated heterocycles. The molecule has 2 heterocycles. The number of carbonyl (C=O) groups excluding carboxylic acids is 1. The third kappa shape index (κ3) is 3.20. The van der Waals surface area contributed by atoms with Gasteiger partial charge in [0.1, 0.15) is 0 Å². The van der Waals surface area contributed by atoms with Crippen molar-refractivity contribution in [3.8, 4) is 0 Å². The molecule has 0 spiro atoms. The van der Waals surface area contributed by atoms with Crippen molar-refractivity contribution in [3.63, 3.8) is 0 Å². The van der Waals surface area contributed by atoms with Crippen LogP contribution in [0, 0.1) is 20.8 Å². The second-order valence-corrected chi connectivity index (χ2v) is 5.47. The van der Waals surface area contributed by atoms with E-state index in [4.69, 9.17) is 0 Å². The summed E-state index contributed by atoms with van der Waals surface area (Å²) in [5.74, 6) is -0.00277. The number of amides is 1. The minimum Gasteiger partial charge on any atom is -0.302 e. The van der Waals surface area contributed by atoms with E-state index in [0.717, 1.165) is 22.6 Å². The first kappa shape index (κ1) is 13.7. The molecular formula is C13H18N4OS.